The smallest absolute Gasteiger partial charge is 0.211 e. The summed E-state index contributed by atoms with van der Waals surface area (Å²) in [5, 5.41) is 0. The standard InChI is InChI=1S/C10H11NOS/c1-2-13-10-6-4-3-5-9(10)7-11-8-12/h3-6H,2,7H2,1H3. The molecule has 0 aliphatic rings. The second kappa shape index (κ2) is 5.57. The van der Waals surface area contributed by atoms with Gasteiger partial charge in [0.25, 0.3) is 0 Å². The van der Waals surface area contributed by atoms with Crippen LogP contribution in [0.2, 0.25) is 0 Å². The maximum Gasteiger partial charge on any atom is 0.235 e. The highest BCUT2D eigenvalue weighted by Crippen LogP contribution is 2.22. The molecule has 0 amide bonds. The quantitative estimate of drug-likeness (QED) is 0.418. The van der Waals surface area contributed by atoms with Crippen LogP contribution in [0.1, 0.15) is 12.5 Å². The Morgan fingerprint density at radius 1 is 1.46 bits per heavy atom. The highest BCUT2D eigenvalue weighted by Gasteiger charge is 1.99. The van der Waals surface area contributed by atoms with Gasteiger partial charge in [0.15, 0.2) is 0 Å². The van der Waals surface area contributed by atoms with Crippen molar-refractivity contribution in [3.05, 3.63) is 29.8 Å². The summed E-state index contributed by atoms with van der Waals surface area (Å²) in [6.07, 6.45) is 1.55. The number of carbonyl (C=O) groups excluding carboxylic acids is 1. The van der Waals surface area contributed by atoms with Crippen LogP contribution in [0.25, 0.3) is 0 Å². The molecule has 0 N–H and O–H groups in total. The van der Waals surface area contributed by atoms with Gasteiger partial charge in [0.1, 0.15) is 0 Å². The molecule has 1 aromatic carbocycles. The molecule has 2 nitrogen and oxygen atoms in total. The van der Waals surface area contributed by atoms with Gasteiger partial charge in [-0.2, -0.15) is 0 Å². The summed E-state index contributed by atoms with van der Waals surface area (Å²) in [5.74, 6) is 1.03. The molecule has 0 spiro atoms. The second-order valence-electron chi connectivity index (χ2n) is 2.45. The fourth-order valence-corrected chi connectivity index (χ4v) is 1.85. The minimum atomic E-state index is 0.437. The molecule has 0 saturated carbocycles. The first-order valence-corrected chi connectivity index (χ1v) is 5.11. The molecular formula is C10H11NOS. The van der Waals surface area contributed by atoms with E-state index in [1.807, 2.05) is 24.3 Å². The van der Waals surface area contributed by atoms with E-state index in [0.717, 1.165) is 11.3 Å². The van der Waals surface area contributed by atoms with Crippen molar-refractivity contribution < 1.29 is 4.79 Å². The number of nitrogens with zero attached hydrogens (tertiary/aromatic N) is 1. The SMILES string of the molecule is CCSc1ccccc1CN=C=O. The molecule has 0 radical (unpaired) electrons. The highest BCUT2D eigenvalue weighted by atomic mass is 32.2. The van der Waals surface area contributed by atoms with Gasteiger partial charge in [0.05, 0.1) is 6.54 Å². The monoisotopic (exact) mass is 193 g/mol. The van der Waals surface area contributed by atoms with Gasteiger partial charge in [-0.3, -0.25) is 0 Å². The molecule has 0 aliphatic carbocycles. The van der Waals surface area contributed by atoms with Crippen LogP contribution >= 0.6 is 11.8 Å². The van der Waals surface area contributed by atoms with Crippen molar-refractivity contribution in [1.82, 2.24) is 0 Å². The number of thioether (sulfide) groups is 1. The average Bonchev–Trinajstić information content (AvgIpc) is 2.17. The molecule has 0 heterocycles. The predicted molar refractivity (Wildman–Crippen MR) is 54.7 cm³/mol. The minimum absolute atomic E-state index is 0.437. The molecule has 0 fully saturated rings. The van der Waals surface area contributed by atoms with Crippen LogP contribution < -0.4 is 0 Å². The van der Waals surface area contributed by atoms with E-state index in [4.69, 9.17) is 0 Å². The topological polar surface area (TPSA) is 29.4 Å². The summed E-state index contributed by atoms with van der Waals surface area (Å²) in [6, 6.07) is 7.98. The Balaban J connectivity index is 2.83. The molecule has 1 rings (SSSR count). The van der Waals surface area contributed by atoms with Gasteiger partial charge in [-0.15, -0.1) is 11.8 Å². The third kappa shape index (κ3) is 3.05. The number of hydrogen-bond donors (Lipinski definition) is 0. The van der Waals surface area contributed by atoms with Gasteiger partial charge >= 0.3 is 0 Å². The average molecular weight is 193 g/mol. The maximum atomic E-state index is 9.95. The molecule has 13 heavy (non-hydrogen) atoms. The van der Waals surface area contributed by atoms with Crippen molar-refractivity contribution in [1.29, 1.82) is 0 Å². The van der Waals surface area contributed by atoms with Crippen LogP contribution in [0.5, 0.6) is 0 Å². The number of isocyanates is 1. The Hall–Kier alpha value is -1.05. The number of benzene rings is 1. The largest absolute Gasteiger partial charge is 0.235 e. The molecule has 0 atom stereocenters. The van der Waals surface area contributed by atoms with E-state index in [2.05, 4.69) is 11.9 Å². The lowest BCUT2D eigenvalue weighted by Crippen LogP contribution is -1.85. The fourth-order valence-electron chi connectivity index (χ4n) is 1.05. The Morgan fingerprint density at radius 3 is 2.92 bits per heavy atom. The fraction of sp³-hybridized carbons (Fsp3) is 0.300. The molecule has 0 bridgehead atoms. The van der Waals surface area contributed by atoms with Gasteiger partial charge in [0, 0.05) is 4.90 Å². The first-order valence-electron chi connectivity index (χ1n) is 4.12. The van der Waals surface area contributed by atoms with Crippen molar-refractivity contribution in [3.8, 4) is 0 Å². The molecule has 0 saturated heterocycles. The number of aliphatic imine (C=N–C) groups is 1. The zero-order valence-corrected chi connectivity index (χ0v) is 8.30. The number of hydrogen-bond acceptors (Lipinski definition) is 3. The van der Waals surface area contributed by atoms with Crippen LogP contribution in [-0.2, 0) is 11.3 Å². The summed E-state index contributed by atoms with van der Waals surface area (Å²) in [5.41, 5.74) is 1.10. The summed E-state index contributed by atoms with van der Waals surface area (Å²) in [7, 11) is 0. The van der Waals surface area contributed by atoms with Crippen molar-refractivity contribution in [2.45, 2.75) is 18.4 Å². The molecule has 0 aliphatic heterocycles. The van der Waals surface area contributed by atoms with Gasteiger partial charge in [-0.25, -0.2) is 9.79 Å². The first kappa shape index (κ1) is 10.0. The molecule has 0 unspecified atom stereocenters. The highest BCUT2D eigenvalue weighted by molar-refractivity contribution is 7.99. The van der Waals surface area contributed by atoms with E-state index in [-0.39, 0.29) is 0 Å². The van der Waals surface area contributed by atoms with Gasteiger partial charge in [-0.05, 0) is 17.4 Å². The van der Waals surface area contributed by atoms with Crippen molar-refractivity contribution in [2.75, 3.05) is 5.75 Å². The van der Waals surface area contributed by atoms with Crippen molar-refractivity contribution >= 4 is 17.8 Å². The lowest BCUT2D eigenvalue weighted by atomic mass is 10.2. The second-order valence-corrected chi connectivity index (χ2v) is 3.75. The summed E-state index contributed by atoms with van der Waals surface area (Å²) in [6.45, 7) is 2.54. The Morgan fingerprint density at radius 2 is 2.23 bits per heavy atom. The zero-order valence-electron chi connectivity index (χ0n) is 7.49. The summed E-state index contributed by atoms with van der Waals surface area (Å²) >= 11 is 1.76. The summed E-state index contributed by atoms with van der Waals surface area (Å²) in [4.78, 5) is 14.7. The van der Waals surface area contributed by atoms with Crippen LogP contribution in [0.15, 0.2) is 34.2 Å². The lowest BCUT2D eigenvalue weighted by Gasteiger charge is -2.03. The predicted octanol–water partition coefficient (Wildman–Crippen LogP) is 2.63. The van der Waals surface area contributed by atoms with Crippen LogP contribution in [-0.4, -0.2) is 11.8 Å². The Kier molecular flexibility index (Phi) is 4.30. The van der Waals surface area contributed by atoms with E-state index in [1.54, 1.807) is 17.8 Å². The molecule has 68 valence electrons. The van der Waals surface area contributed by atoms with Gasteiger partial charge < -0.3 is 0 Å². The van der Waals surface area contributed by atoms with Crippen LogP contribution in [0.3, 0.4) is 0 Å². The molecule has 1 aromatic rings. The van der Waals surface area contributed by atoms with E-state index >= 15 is 0 Å². The Bertz CT molecular complexity index is 318. The minimum Gasteiger partial charge on any atom is -0.211 e. The van der Waals surface area contributed by atoms with Crippen LogP contribution in [0.4, 0.5) is 0 Å². The third-order valence-corrected chi connectivity index (χ3v) is 2.58. The zero-order chi connectivity index (χ0) is 9.52. The van der Waals surface area contributed by atoms with Crippen molar-refractivity contribution in [2.24, 2.45) is 4.99 Å². The first-order chi connectivity index (χ1) is 6.38. The van der Waals surface area contributed by atoms with E-state index in [0.29, 0.717) is 6.54 Å². The maximum absolute atomic E-state index is 9.95. The van der Waals surface area contributed by atoms with Crippen LogP contribution in [0, 0.1) is 0 Å². The third-order valence-electron chi connectivity index (χ3n) is 1.59. The van der Waals surface area contributed by atoms with Gasteiger partial charge in [-0.1, -0.05) is 25.1 Å². The van der Waals surface area contributed by atoms with E-state index < -0.39 is 0 Å². The molecule has 3 heteroatoms. The lowest BCUT2D eigenvalue weighted by molar-refractivity contribution is 0.562. The van der Waals surface area contributed by atoms with E-state index in [1.165, 1.54) is 4.90 Å². The van der Waals surface area contributed by atoms with Crippen molar-refractivity contribution in [3.63, 3.8) is 0 Å². The molecular weight excluding hydrogens is 182 g/mol. The van der Waals surface area contributed by atoms with Gasteiger partial charge in [0.2, 0.25) is 6.08 Å². The normalized spacial score (nSPS) is 9.31. The number of rotatable bonds is 4. The van der Waals surface area contributed by atoms with E-state index in [9.17, 15) is 4.79 Å². The molecule has 0 aromatic heterocycles. The Labute approximate surface area is 82.1 Å². The summed E-state index contributed by atoms with van der Waals surface area (Å²) < 4.78 is 0.